The van der Waals surface area contributed by atoms with Crippen molar-refractivity contribution in [3.8, 4) is 0 Å². The summed E-state index contributed by atoms with van der Waals surface area (Å²) in [6.07, 6.45) is 2.69. The number of para-hydroxylation sites is 1. The van der Waals surface area contributed by atoms with Crippen LogP contribution in [0.1, 0.15) is 5.56 Å². The number of amides is 1. The van der Waals surface area contributed by atoms with Crippen LogP contribution in [-0.4, -0.2) is 28.9 Å². The van der Waals surface area contributed by atoms with E-state index < -0.39 is 4.92 Å². The van der Waals surface area contributed by atoms with E-state index >= 15 is 0 Å². The topological polar surface area (TPSA) is 100 Å². The van der Waals surface area contributed by atoms with Crippen LogP contribution in [0.25, 0.3) is 10.9 Å². The Balaban J connectivity index is 1.47. The summed E-state index contributed by atoms with van der Waals surface area (Å²) in [6, 6.07) is 14.1. The fourth-order valence-corrected chi connectivity index (χ4v) is 2.65. The van der Waals surface area contributed by atoms with Crippen molar-refractivity contribution in [2.24, 2.45) is 0 Å². The van der Waals surface area contributed by atoms with E-state index in [9.17, 15) is 14.9 Å². The number of hydrogen-bond acceptors (Lipinski definition) is 4. The van der Waals surface area contributed by atoms with E-state index in [-0.39, 0.29) is 18.1 Å². The van der Waals surface area contributed by atoms with Gasteiger partial charge in [-0.2, -0.15) is 0 Å². The summed E-state index contributed by atoms with van der Waals surface area (Å²) < 4.78 is 0. The quantitative estimate of drug-likeness (QED) is 0.455. The van der Waals surface area contributed by atoms with E-state index in [0.29, 0.717) is 12.2 Å². The highest BCUT2D eigenvalue weighted by Crippen LogP contribution is 2.18. The minimum Gasteiger partial charge on any atom is -0.376 e. The molecule has 0 bridgehead atoms. The maximum atomic E-state index is 11.9. The number of benzene rings is 2. The average molecular weight is 338 g/mol. The van der Waals surface area contributed by atoms with Gasteiger partial charge in [-0.25, -0.2) is 0 Å². The van der Waals surface area contributed by atoms with Gasteiger partial charge in [0.25, 0.3) is 5.69 Å². The molecule has 0 unspecified atom stereocenters. The lowest BCUT2D eigenvalue weighted by molar-refractivity contribution is -0.384. The zero-order valence-corrected chi connectivity index (χ0v) is 13.5. The largest absolute Gasteiger partial charge is 0.376 e. The van der Waals surface area contributed by atoms with Crippen molar-refractivity contribution < 1.29 is 9.72 Å². The van der Waals surface area contributed by atoms with Gasteiger partial charge in [0.05, 0.1) is 11.5 Å². The number of nitro groups is 1. The number of rotatable bonds is 7. The molecular weight excluding hydrogens is 320 g/mol. The number of carbonyl (C=O) groups is 1. The van der Waals surface area contributed by atoms with Gasteiger partial charge in [0.1, 0.15) is 0 Å². The van der Waals surface area contributed by atoms with Crippen LogP contribution in [0.3, 0.4) is 0 Å². The number of nitro benzene ring substituents is 1. The Morgan fingerprint density at radius 2 is 2.00 bits per heavy atom. The van der Waals surface area contributed by atoms with Gasteiger partial charge in [-0.15, -0.1) is 0 Å². The molecule has 7 nitrogen and oxygen atoms in total. The molecule has 0 aliphatic carbocycles. The molecule has 0 saturated heterocycles. The molecule has 1 aromatic heterocycles. The van der Waals surface area contributed by atoms with Crippen molar-refractivity contribution in [2.75, 3.05) is 18.4 Å². The second kappa shape index (κ2) is 7.48. The van der Waals surface area contributed by atoms with Crippen LogP contribution >= 0.6 is 0 Å². The second-order valence-corrected chi connectivity index (χ2v) is 5.62. The van der Waals surface area contributed by atoms with Gasteiger partial charge in [-0.3, -0.25) is 14.9 Å². The molecule has 1 amide bonds. The van der Waals surface area contributed by atoms with Crippen LogP contribution in [-0.2, 0) is 11.2 Å². The van der Waals surface area contributed by atoms with Crippen molar-refractivity contribution in [2.45, 2.75) is 6.42 Å². The predicted molar refractivity (Wildman–Crippen MR) is 96.6 cm³/mol. The minimum absolute atomic E-state index is 0.00950. The van der Waals surface area contributed by atoms with Crippen LogP contribution in [0.2, 0.25) is 0 Å². The van der Waals surface area contributed by atoms with Crippen LogP contribution in [0.5, 0.6) is 0 Å². The molecule has 0 radical (unpaired) electrons. The first kappa shape index (κ1) is 16.5. The minimum atomic E-state index is -0.466. The first-order valence-corrected chi connectivity index (χ1v) is 7.93. The molecule has 0 spiro atoms. The maximum Gasteiger partial charge on any atom is 0.271 e. The zero-order chi connectivity index (χ0) is 17.6. The van der Waals surface area contributed by atoms with Crippen LogP contribution in [0.4, 0.5) is 11.4 Å². The van der Waals surface area contributed by atoms with Crippen molar-refractivity contribution in [1.82, 2.24) is 10.3 Å². The highest BCUT2D eigenvalue weighted by molar-refractivity contribution is 5.83. The second-order valence-electron chi connectivity index (χ2n) is 5.62. The number of nitrogens with one attached hydrogen (secondary N) is 3. The lowest BCUT2D eigenvalue weighted by atomic mass is 10.1. The van der Waals surface area contributed by atoms with Gasteiger partial charge in [-0.1, -0.05) is 24.3 Å². The highest BCUT2D eigenvalue weighted by atomic mass is 16.6. The third-order valence-electron chi connectivity index (χ3n) is 3.90. The molecule has 0 aliphatic rings. The smallest absolute Gasteiger partial charge is 0.271 e. The number of fused-ring (bicyclic) bond motifs is 1. The van der Waals surface area contributed by atoms with Crippen molar-refractivity contribution in [1.29, 1.82) is 0 Å². The van der Waals surface area contributed by atoms with E-state index in [0.717, 1.165) is 22.9 Å². The number of nitrogens with zero attached hydrogens (tertiary/aromatic N) is 1. The normalized spacial score (nSPS) is 10.6. The summed E-state index contributed by atoms with van der Waals surface area (Å²) in [4.78, 5) is 25.4. The number of carbonyl (C=O) groups excluding carboxylic acids is 1. The standard InChI is InChI=1S/C18H18N4O3/c23-18(12-20-14-4-3-5-15(10-14)22(24)25)19-9-8-13-11-21-17-7-2-1-6-16(13)17/h1-7,10-11,20-21H,8-9,12H2,(H,19,23). The SMILES string of the molecule is O=C(CNc1cccc([N+](=O)[O-])c1)NCCc1c[nH]c2ccccc12. The summed E-state index contributed by atoms with van der Waals surface area (Å²) in [5, 5.41) is 17.6. The highest BCUT2D eigenvalue weighted by Gasteiger charge is 2.07. The number of aromatic amines is 1. The van der Waals surface area contributed by atoms with E-state index in [1.807, 2.05) is 30.5 Å². The molecule has 3 N–H and O–H groups in total. The van der Waals surface area contributed by atoms with Crippen LogP contribution in [0.15, 0.2) is 54.7 Å². The van der Waals surface area contributed by atoms with E-state index in [1.54, 1.807) is 12.1 Å². The first-order chi connectivity index (χ1) is 12.1. The van der Waals surface area contributed by atoms with E-state index in [4.69, 9.17) is 0 Å². The number of anilines is 1. The molecular formula is C18H18N4O3. The predicted octanol–water partition coefficient (Wildman–Crippen LogP) is 2.85. The molecule has 2 aromatic carbocycles. The fraction of sp³-hybridized carbons (Fsp3) is 0.167. The Hall–Kier alpha value is -3.35. The van der Waals surface area contributed by atoms with Crippen LogP contribution in [0, 0.1) is 10.1 Å². The molecule has 3 rings (SSSR count). The van der Waals surface area contributed by atoms with Gasteiger partial charge in [0.15, 0.2) is 0 Å². The molecule has 128 valence electrons. The van der Waals surface area contributed by atoms with E-state index in [2.05, 4.69) is 15.6 Å². The van der Waals surface area contributed by atoms with Crippen molar-refractivity contribution in [3.05, 3.63) is 70.4 Å². The lowest BCUT2D eigenvalue weighted by Gasteiger charge is -2.07. The van der Waals surface area contributed by atoms with Gasteiger partial charge in [0.2, 0.25) is 5.91 Å². The third-order valence-corrected chi connectivity index (χ3v) is 3.90. The molecule has 0 fully saturated rings. The first-order valence-electron chi connectivity index (χ1n) is 7.93. The Labute approximate surface area is 144 Å². The zero-order valence-electron chi connectivity index (χ0n) is 13.5. The Bertz CT molecular complexity index is 904. The Kier molecular flexibility index (Phi) is 4.94. The molecule has 25 heavy (non-hydrogen) atoms. The molecule has 0 saturated carbocycles. The summed E-state index contributed by atoms with van der Waals surface area (Å²) in [7, 11) is 0. The Morgan fingerprint density at radius 3 is 2.84 bits per heavy atom. The maximum absolute atomic E-state index is 11.9. The summed E-state index contributed by atoms with van der Waals surface area (Å²) in [5.74, 6) is -0.161. The van der Waals surface area contributed by atoms with Gasteiger partial charge >= 0.3 is 0 Å². The molecule has 0 atom stereocenters. The monoisotopic (exact) mass is 338 g/mol. The van der Waals surface area contributed by atoms with Gasteiger partial charge in [-0.05, 0) is 24.1 Å². The number of aromatic nitrogens is 1. The van der Waals surface area contributed by atoms with Gasteiger partial charge in [0, 0.05) is 41.5 Å². The number of non-ortho nitro benzene ring substituents is 1. The molecule has 1 heterocycles. The summed E-state index contributed by atoms with van der Waals surface area (Å²) in [5.41, 5.74) is 2.77. The molecule has 7 heteroatoms. The van der Waals surface area contributed by atoms with Crippen LogP contribution < -0.4 is 10.6 Å². The summed E-state index contributed by atoms with van der Waals surface area (Å²) in [6.45, 7) is 0.590. The van der Waals surface area contributed by atoms with Crippen molar-refractivity contribution in [3.63, 3.8) is 0 Å². The van der Waals surface area contributed by atoms with Gasteiger partial charge < -0.3 is 15.6 Å². The summed E-state index contributed by atoms with van der Waals surface area (Å²) >= 11 is 0. The third kappa shape index (κ3) is 4.14. The molecule has 3 aromatic rings. The average Bonchev–Trinajstić information content (AvgIpc) is 3.03. The number of hydrogen-bond donors (Lipinski definition) is 3. The van der Waals surface area contributed by atoms with Crippen molar-refractivity contribution >= 4 is 28.2 Å². The van der Waals surface area contributed by atoms with E-state index in [1.165, 1.54) is 12.1 Å². The lowest BCUT2D eigenvalue weighted by Crippen LogP contribution is -2.31. The Morgan fingerprint density at radius 1 is 1.16 bits per heavy atom. The molecule has 0 aliphatic heterocycles. The number of H-pyrrole nitrogens is 1. The fourth-order valence-electron chi connectivity index (χ4n) is 2.65.